The average Bonchev–Trinajstić information content (AvgIpc) is 3.29. The molecule has 178 valence electrons. The van der Waals surface area contributed by atoms with E-state index in [0.717, 1.165) is 16.5 Å². The van der Waals surface area contributed by atoms with Gasteiger partial charge in [0.15, 0.2) is 0 Å². The molecule has 2 aliphatic rings. The number of hydrogen-bond acceptors (Lipinski definition) is 5. The molecule has 0 aromatic heterocycles. The number of piperazine rings is 1. The number of rotatable bonds is 4. The van der Waals surface area contributed by atoms with Gasteiger partial charge in [-0.25, -0.2) is 8.42 Å². The third kappa shape index (κ3) is 4.16. The summed E-state index contributed by atoms with van der Waals surface area (Å²) in [5.74, 6) is -0.687. The molecule has 0 unspecified atom stereocenters. The van der Waals surface area contributed by atoms with E-state index >= 15 is 0 Å². The van der Waals surface area contributed by atoms with Crippen molar-refractivity contribution >= 4 is 38.3 Å². The van der Waals surface area contributed by atoms with Gasteiger partial charge in [-0.2, -0.15) is 9.57 Å². The average molecular weight is 489 g/mol. The molecule has 0 radical (unpaired) electrons. The lowest BCUT2D eigenvalue weighted by Gasteiger charge is -2.35. The third-order valence-corrected chi connectivity index (χ3v) is 8.66. The van der Waals surface area contributed by atoms with Crippen LogP contribution in [0.3, 0.4) is 0 Å². The summed E-state index contributed by atoms with van der Waals surface area (Å²) >= 11 is 0. The van der Waals surface area contributed by atoms with Crippen LogP contribution in [0.5, 0.6) is 0 Å². The molecule has 0 N–H and O–H groups in total. The maximum absolute atomic E-state index is 13.2. The molecule has 0 bridgehead atoms. The highest BCUT2D eigenvalue weighted by Crippen LogP contribution is 2.32. The van der Waals surface area contributed by atoms with Crippen molar-refractivity contribution in [1.29, 1.82) is 5.26 Å². The number of benzene rings is 3. The van der Waals surface area contributed by atoms with Crippen LogP contribution in [0.25, 0.3) is 10.8 Å². The molecule has 0 aliphatic carbocycles. The number of amides is 2. The Morgan fingerprint density at radius 1 is 0.914 bits per heavy atom. The standard InChI is InChI=1S/C26H24N4O4S/c27-17-20-7-2-4-11-24(20)35(33,34)29-14-12-28(13-15-29)26(32)21-16-25(31)30(18-21)23-10-5-8-19-6-1-3-9-22(19)23/h1-11,21H,12-16,18H2/t21-/m0/s1. The van der Waals surface area contributed by atoms with E-state index in [1.807, 2.05) is 48.5 Å². The first-order valence-electron chi connectivity index (χ1n) is 11.5. The van der Waals surface area contributed by atoms with Crippen molar-refractivity contribution in [2.45, 2.75) is 11.3 Å². The molecule has 2 fully saturated rings. The van der Waals surface area contributed by atoms with E-state index in [4.69, 9.17) is 0 Å². The lowest BCUT2D eigenvalue weighted by atomic mass is 10.1. The van der Waals surface area contributed by atoms with Crippen LogP contribution in [-0.4, -0.2) is 62.2 Å². The number of hydrogen-bond donors (Lipinski definition) is 0. The number of anilines is 1. The summed E-state index contributed by atoms with van der Waals surface area (Å²) in [6, 6.07) is 21.7. The van der Waals surface area contributed by atoms with Gasteiger partial charge in [-0.05, 0) is 23.6 Å². The molecule has 2 heterocycles. The highest BCUT2D eigenvalue weighted by molar-refractivity contribution is 7.89. The van der Waals surface area contributed by atoms with Crippen molar-refractivity contribution < 1.29 is 18.0 Å². The maximum atomic E-state index is 13.2. The fourth-order valence-electron chi connectivity index (χ4n) is 4.88. The first-order valence-corrected chi connectivity index (χ1v) is 12.9. The van der Waals surface area contributed by atoms with E-state index in [1.54, 1.807) is 21.9 Å². The van der Waals surface area contributed by atoms with Crippen molar-refractivity contribution in [3.8, 4) is 6.07 Å². The Morgan fingerprint density at radius 3 is 2.37 bits per heavy atom. The Hall–Kier alpha value is -3.74. The zero-order valence-electron chi connectivity index (χ0n) is 19.0. The summed E-state index contributed by atoms with van der Waals surface area (Å²) in [7, 11) is -3.84. The number of nitrogens with zero attached hydrogens (tertiary/aromatic N) is 4. The molecule has 9 heteroatoms. The fourth-order valence-corrected chi connectivity index (χ4v) is 6.44. The van der Waals surface area contributed by atoms with Gasteiger partial charge in [-0.1, -0.05) is 48.5 Å². The third-order valence-electron chi connectivity index (χ3n) is 6.71. The maximum Gasteiger partial charge on any atom is 0.244 e. The number of sulfonamides is 1. The minimum atomic E-state index is -3.84. The zero-order valence-corrected chi connectivity index (χ0v) is 19.8. The predicted molar refractivity (Wildman–Crippen MR) is 131 cm³/mol. The van der Waals surface area contributed by atoms with Crippen molar-refractivity contribution in [2.75, 3.05) is 37.6 Å². The van der Waals surface area contributed by atoms with E-state index in [2.05, 4.69) is 0 Å². The van der Waals surface area contributed by atoms with Crippen molar-refractivity contribution in [2.24, 2.45) is 5.92 Å². The Kier molecular flexibility index (Phi) is 6.01. The normalized spacial score (nSPS) is 19.2. The topological polar surface area (TPSA) is 102 Å². The van der Waals surface area contributed by atoms with E-state index < -0.39 is 15.9 Å². The summed E-state index contributed by atoms with van der Waals surface area (Å²) < 4.78 is 27.5. The van der Waals surface area contributed by atoms with Crippen LogP contribution in [0.2, 0.25) is 0 Å². The summed E-state index contributed by atoms with van der Waals surface area (Å²) in [6.45, 7) is 1.07. The molecule has 3 aromatic rings. The monoisotopic (exact) mass is 488 g/mol. The molecular weight excluding hydrogens is 464 g/mol. The van der Waals surface area contributed by atoms with Gasteiger partial charge in [0.05, 0.1) is 22.1 Å². The molecule has 2 amide bonds. The van der Waals surface area contributed by atoms with Crippen LogP contribution in [-0.2, 0) is 19.6 Å². The van der Waals surface area contributed by atoms with E-state index in [0.29, 0.717) is 6.54 Å². The molecule has 35 heavy (non-hydrogen) atoms. The highest BCUT2D eigenvalue weighted by Gasteiger charge is 2.39. The molecule has 5 rings (SSSR count). The van der Waals surface area contributed by atoms with E-state index in [9.17, 15) is 23.3 Å². The largest absolute Gasteiger partial charge is 0.340 e. The van der Waals surface area contributed by atoms with E-state index in [-0.39, 0.29) is 54.9 Å². The van der Waals surface area contributed by atoms with Crippen LogP contribution in [0.1, 0.15) is 12.0 Å². The lowest BCUT2D eigenvalue weighted by Crippen LogP contribution is -2.52. The molecule has 0 saturated carbocycles. The van der Waals surface area contributed by atoms with Crippen molar-refractivity contribution in [3.63, 3.8) is 0 Å². The molecular formula is C26H24N4O4S. The number of carbonyl (C=O) groups is 2. The van der Waals surface area contributed by atoms with Crippen LogP contribution >= 0.6 is 0 Å². The second-order valence-corrected chi connectivity index (χ2v) is 10.6. The second-order valence-electron chi connectivity index (χ2n) is 8.74. The first-order chi connectivity index (χ1) is 16.9. The first kappa shape index (κ1) is 23.0. The number of fused-ring (bicyclic) bond motifs is 1. The van der Waals surface area contributed by atoms with Gasteiger partial charge in [-0.3, -0.25) is 9.59 Å². The second kappa shape index (κ2) is 9.13. The quantitative estimate of drug-likeness (QED) is 0.562. The van der Waals surface area contributed by atoms with Gasteiger partial charge in [0.1, 0.15) is 6.07 Å². The van der Waals surface area contributed by atoms with Gasteiger partial charge >= 0.3 is 0 Å². The van der Waals surface area contributed by atoms with Crippen LogP contribution in [0, 0.1) is 17.2 Å². The van der Waals surface area contributed by atoms with Crippen LogP contribution < -0.4 is 4.90 Å². The lowest BCUT2D eigenvalue weighted by molar-refractivity contribution is -0.136. The smallest absolute Gasteiger partial charge is 0.244 e. The Balaban J connectivity index is 1.27. The molecule has 3 aromatic carbocycles. The Morgan fingerprint density at radius 2 is 1.60 bits per heavy atom. The summed E-state index contributed by atoms with van der Waals surface area (Å²) in [5.41, 5.74) is 0.902. The summed E-state index contributed by atoms with van der Waals surface area (Å²) in [6.07, 6.45) is 0.135. The van der Waals surface area contributed by atoms with Crippen molar-refractivity contribution in [1.82, 2.24) is 9.21 Å². The van der Waals surface area contributed by atoms with Crippen LogP contribution in [0.4, 0.5) is 5.69 Å². The minimum absolute atomic E-state index is 0.0191. The Labute approximate surface area is 204 Å². The SMILES string of the molecule is N#Cc1ccccc1S(=O)(=O)N1CCN(C(=O)[C@H]2CC(=O)N(c3cccc4ccccc34)C2)CC1. The molecule has 1 atom stereocenters. The summed E-state index contributed by atoms with van der Waals surface area (Å²) in [5, 5.41) is 11.3. The molecule has 0 spiro atoms. The van der Waals surface area contributed by atoms with Gasteiger partial charge < -0.3 is 9.80 Å². The molecule has 2 saturated heterocycles. The van der Waals surface area contributed by atoms with Gasteiger partial charge in [-0.15, -0.1) is 0 Å². The summed E-state index contributed by atoms with van der Waals surface area (Å²) in [4.78, 5) is 29.4. The molecule has 2 aliphatic heterocycles. The Bertz CT molecular complexity index is 1450. The number of carbonyl (C=O) groups excluding carboxylic acids is 2. The number of nitriles is 1. The fraction of sp³-hybridized carbons (Fsp3) is 0.269. The van der Waals surface area contributed by atoms with Gasteiger partial charge in [0, 0.05) is 44.5 Å². The van der Waals surface area contributed by atoms with Gasteiger partial charge in [0.2, 0.25) is 21.8 Å². The van der Waals surface area contributed by atoms with E-state index in [1.165, 1.54) is 16.4 Å². The molecule has 8 nitrogen and oxygen atoms in total. The minimum Gasteiger partial charge on any atom is -0.340 e. The highest BCUT2D eigenvalue weighted by atomic mass is 32.2. The van der Waals surface area contributed by atoms with Gasteiger partial charge in [0.25, 0.3) is 0 Å². The van der Waals surface area contributed by atoms with Crippen molar-refractivity contribution in [3.05, 3.63) is 72.3 Å². The zero-order chi connectivity index (χ0) is 24.6. The predicted octanol–water partition coefficient (Wildman–Crippen LogP) is 2.60. The van der Waals surface area contributed by atoms with Crippen LogP contribution in [0.15, 0.2) is 71.6 Å².